The molecule has 2 nitrogen and oxygen atoms in total. The lowest BCUT2D eigenvalue weighted by atomic mass is 9.98. The second kappa shape index (κ2) is 4.37. The molecule has 0 saturated heterocycles. The molecule has 0 fully saturated rings. The summed E-state index contributed by atoms with van der Waals surface area (Å²) in [7, 11) is 0. The van der Waals surface area contributed by atoms with E-state index in [0.717, 1.165) is 5.56 Å². The minimum atomic E-state index is -0.356. The van der Waals surface area contributed by atoms with Gasteiger partial charge in [0.15, 0.2) is 5.78 Å². The number of aryl methyl sites for hydroxylation is 1. The zero-order chi connectivity index (χ0) is 12.4. The summed E-state index contributed by atoms with van der Waals surface area (Å²) in [5.41, 5.74) is 8.06. The van der Waals surface area contributed by atoms with Crippen molar-refractivity contribution >= 4 is 11.5 Å². The van der Waals surface area contributed by atoms with Crippen LogP contribution in [0.4, 0.5) is 10.1 Å². The fourth-order valence-corrected chi connectivity index (χ4v) is 1.64. The zero-order valence-corrected chi connectivity index (χ0v) is 9.41. The summed E-state index contributed by atoms with van der Waals surface area (Å²) in [5, 5.41) is 0. The molecule has 0 aromatic heterocycles. The Labute approximate surface area is 98.9 Å². The van der Waals surface area contributed by atoms with Crippen LogP contribution in [0.2, 0.25) is 0 Å². The Hall–Kier alpha value is -2.16. The van der Waals surface area contributed by atoms with Crippen LogP contribution in [0.3, 0.4) is 0 Å². The molecule has 0 atom stereocenters. The normalized spacial score (nSPS) is 10.2. The summed E-state index contributed by atoms with van der Waals surface area (Å²) >= 11 is 0. The Morgan fingerprint density at radius 3 is 2.41 bits per heavy atom. The van der Waals surface area contributed by atoms with Crippen LogP contribution in [0, 0.1) is 12.7 Å². The first kappa shape index (κ1) is 11.3. The van der Waals surface area contributed by atoms with Gasteiger partial charge in [-0.15, -0.1) is 0 Å². The number of hydrogen-bond acceptors (Lipinski definition) is 2. The summed E-state index contributed by atoms with van der Waals surface area (Å²) < 4.78 is 12.8. The third kappa shape index (κ3) is 2.33. The second-order valence-electron chi connectivity index (χ2n) is 3.91. The minimum Gasteiger partial charge on any atom is -0.399 e. The molecule has 0 aliphatic carbocycles. The number of halogens is 1. The molecule has 0 spiro atoms. The van der Waals surface area contributed by atoms with Crippen molar-refractivity contribution in [2.24, 2.45) is 0 Å². The first-order chi connectivity index (χ1) is 8.08. The standard InChI is InChI=1S/C14H12FNO/c1-9-2-7-12(16)8-13(9)14(17)10-3-5-11(15)6-4-10/h2-8H,16H2,1H3. The number of hydrogen-bond donors (Lipinski definition) is 1. The number of anilines is 1. The lowest BCUT2D eigenvalue weighted by molar-refractivity contribution is 0.103. The summed E-state index contributed by atoms with van der Waals surface area (Å²) in [6, 6.07) is 10.7. The van der Waals surface area contributed by atoms with E-state index < -0.39 is 0 Å². The fraction of sp³-hybridized carbons (Fsp3) is 0.0714. The van der Waals surface area contributed by atoms with E-state index in [-0.39, 0.29) is 11.6 Å². The van der Waals surface area contributed by atoms with Crippen molar-refractivity contribution in [3.05, 3.63) is 65.0 Å². The van der Waals surface area contributed by atoms with E-state index in [0.29, 0.717) is 16.8 Å². The van der Waals surface area contributed by atoms with Crippen molar-refractivity contribution in [1.82, 2.24) is 0 Å². The van der Waals surface area contributed by atoms with Crippen molar-refractivity contribution in [2.75, 3.05) is 5.73 Å². The largest absolute Gasteiger partial charge is 0.399 e. The zero-order valence-electron chi connectivity index (χ0n) is 9.41. The van der Waals surface area contributed by atoms with E-state index >= 15 is 0 Å². The van der Waals surface area contributed by atoms with Gasteiger partial charge >= 0.3 is 0 Å². The number of nitrogens with two attached hydrogens (primary N) is 1. The molecule has 0 bridgehead atoms. The monoisotopic (exact) mass is 229 g/mol. The molecule has 2 rings (SSSR count). The van der Waals surface area contributed by atoms with Crippen molar-refractivity contribution in [2.45, 2.75) is 6.92 Å². The van der Waals surface area contributed by atoms with Crippen LogP contribution in [0.1, 0.15) is 21.5 Å². The van der Waals surface area contributed by atoms with Crippen molar-refractivity contribution in [3.63, 3.8) is 0 Å². The maximum Gasteiger partial charge on any atom is 0.193 e. The molecule has 0 saturated carbocycles. The van der Waals surface area contributed by atoms with Gasteiger partial charge in [0.05, 0.1) is 0 Å². The van der Waals surface area contributed by atoms with E-state index in [9.17, 15) is 9.18 Å². The Kier molecular flexibility index (Phi) is 2.91. The molecule has 86 valence electrons. The number of carbonyl (C=O) groups is 1. The van der Waals surface area contributed by atoms with Gasteiger partial charge in [0.1, 0.15) is 5.82 Å². The van der Waals surface area contributed by atoms with Gasteiger partial charge in [0.25, 0.3) is 0 Å². The highest BCUT2D eigenvalue weighted by atomic mass is 19.1. The van der Waals surface area contributed by atoms with E-state index in [1.54, 1.807) is 18.2 Å². The van der Waals surface area contributed by atoms with Gasteiger partial charge in [-0.2, -0.15) is 0 Å². The molecule has 2 N–H and O–H groups in total. The van der Waals surface area contributed by atoms with Crippen LogP contribution < -0.4 is 5.73 Å². The highest BCUT2D eigenvalue weighted by Crippen LogP contribution is 2.17. The molecule has 0 radical (unpaired) electrons. The Morgan fingerprint density at radius 2 is 1.76 bits per heavy atom. The molecular formula is C14H12FNO. The van der Waals surface area contributed by atoms with Crippen LogP contribution in [0.15, 0.2) is 42.5 Å². The lowest BCUT2D eigenvalue weighted by Crippen LogP contribution is -2.04. The second-order valence-corrected chi connectivity index (χ2v) is 3.91. The van der Waals surface area contributed by atoms with Crippen LogP contribution in [0.25, 0.3) is 0 Å². The highest BCUT2D eigenvalue weighted by molar-refractivity contribution is 6.10. The van der Waals surface area contributed by atoms with E-state index in [2.05, 4.69) is 0 Å². The first-order valence-corrected chi connectivity index (χ1v) is 5.24. The van der Waals surface area contributed by atoms with Crippen LogP contribution in [0.5, 0.6) is 0 Å². The number of carbonyl (C=O) groups excluding carboxylic acids is 1. The maximum absolute atomic E-state index is 12.8. The topological polar surface area (TPSA) is 43.1 Å². The van der Waals surface area contributed by atoms with Gasteiger partial charge in [0, 0.05) is 16.8 Å². The van der Waals surface area contributed by atoms with Gasteiger partial charge in [-0.3, -0.25) is 4.79 Å². The van der Waals surface area contributed by atoms with E-state index in [1.807, 2.05) is 6.92 Å². The minimum absolute atomic E-state index is 0.144. The molecule has 0 amide bonds. The van der Waals surface area contributed by atoms with Gasteiger partial charge in [0.2, 0.25) is 0 Å². The van der Waals surface area contributed by atoms with E-state index in [4.69, 9.17) is 5.73 Å². The van der Waals surface area contributed by atoms with Crippen molar-refractivity contribution < 1.29 is 9.18 Å². The van der Waals surface area contributed by atoms with Crippen LogP contribution in [-0.4, -0.2) is 5.78 Å². The number of ketones is 1. The Morgan fingerprint density at radius 1 is 1.12 bits per heavy atom. The van der Waals surface area contributed by atoms with E-state index in [1.165, 1.54) is 24.3 Å². The maximum atomic E-state index is 12.8. The molecule has 17 heavy (non-hydrogen) atoms. The molecular weight excluding hydrogens is 217 g/mol. The highest BCUT2D eigenvalue weighted by Gasteiger charge is 2.11. The number of rotatable bonds is 2. The fourth-order valence-electron chi connectivity index (χ4n) is 1.64. The average molecular weight is 229 g/mol. The lowest BCUT2D eigenvalue weighted by Gasteiger charge is -2.06. The molecule has 2 aromatic carbocycles. The predicted octanol–water partition coefficient (Wildman–Crippen LogP) is 2.95. The summed E-state index contributed by atoms with van der Waals surface area (Å²) in [6.07, 6.45) is 0. The van der Waals surface area contributed by atoms with Crippen LogP contribution in [-0.2, 0) is 0 Å². The Bertz CT molecular complexity index is 561. The Balaban J connectivity index is 2.43. The quantitative estimate of drug-likeness (QED) is 0.635. The van der Waals surface area contributed by atoms with Crippen molar-refractivity contribution in [1.29, 1.82) is 0 Å². The average Bonchev–Trinajstić information content (AvgIpc) is 2.32. The summed E-state index contributed by atoms with van der Waals surface area (Å²) in [6.45, 7) is 1.84. The van der Waals surface area contributed by atoms with Crippen molar-refractivity contribution in [3.8, 4) is 0 Å². The summed E-state index contributed by atoms with van der Waals surface area (Å²) in [5.74, 6) is -0.499. The number of nitrogen functional groups attached to an aromatic ring is 1. The molecule has 3 heteroatoms. The van der Waals surface area contributed by atoms with Crippen LogP contribution >= 0.6 is 0 Å². The van der Waals surface area contributed by atoms with Gasteiger partial charge in [-0.25, -0.2) is 4.39 Å². The molecule has 0 aliphatic heterocycles. The van der Waals surface area contributed by atoms with Gasteiger partial charge in [-0.1, -0.05) is 6.07 Å². The molecule has 0 unspecified atom stereocenters. The third-order valence-electron chi connectivity index (χ3n) is 2.61. The SMILES string of the molecule is Cc1ccc(N)cc1C(=O)c1ccc(F)cc1. The smallest absolute Gasteiger partial charge is 0.193 e. The van der Waals surface area contributed by atoms with Gasteiger partial charge < -0.3 is 5.73 Å². The summed E-state index contributed by atoms with van der Waals surface area (Å²) in [4.78, 5) is 12.2. The first-order valence-electron chi connectivity index (χ1n) is 5.24. The molecule has 0 heterocycles. The third-order valence-corrected chi connectivity index (χ3v) is 2.61. The number of benzene rings is 2. The van der Waals surface area contributed by atoms with Gasteiger partial charge in [-0.05, 0) is 48.9 Å². The molecule has 2 aromatic rings. The predicted molar refractivity (Wildman–Crippen MR) is 65.4 cm³/mol. The molecule has 0 aliphatic rings.